The van der Waals surface area contributed by atoms with Gasteiger partial charge in [-0.3, -0.25) is 14.4 Å². The van der Waals surface area contributed by atoms with Crippen molar-refractivity contribution in [2.24, 2.45) is 17.6 Å². The SMILES string of the molecule is CN(C)c1ccc(OS(=O)(=O)C(F)(F)F)c2c1CC1CC3CC(=O)C(C(N)=O)=C(O)[C@@]3(O)C(=O)C1=C2O. The van der Waals surface area contributed by atoms with E-state index in [0.29, 0.717) is 5.69 Å². The fraction of sp³-hybridized carbons (Fsp3) is 0.409. The molecule has 5 N–H and O–H groups in total. The van der Waals surface area contributed by atoms with Gasteiger partial charge in [0.2, 0.25) is 5.78 Å². The largest absolute Gasteiger partial charge is 0.534 e. The monoisotopic (exact) mass is 546 g/mol. The van der Waals surface area contributed by atoms with Crippen molar-refractivity contribution >= 4 is 39.0 Å². The fourth-order valence-corrected chi connectivity index (χ4v) is 5.72. The van der Waals surface area contributed by atoms with Crippen LogP contribution in [0.3, 0.4) is 0 Å². The second-order valence-corrected chi connectivity index (χ2v) is 10.8. The van der Waals surface area contributed by atoms with Gasteiger partial charge < -0.3 is 30.1 Å². The topological polar surface area (TPSA) is 185 Å². The lowest BCUT2D eigenvalue weighted by molar-refractivity contribution is -0.147. The van der Waals surface area contributed by atoms with E-state index in [-0.39, 0.29) is 18.4 Å². The van der Waals surface area contributed by atoms with E-state index in [1.165, 1.54) is 11.0 Å². The Kier molecular flexibility index (Phi) is 5.87. The lowest BCUT2D eigenvalue weighted by Crippen LogP contribution is -2.58. The van der Waals surface area contributed by atoms with Crippen LogP contribution in [0.4, 0.5) is 18.9 Å². The summed E-state index contributed by atoms with van der Waals surface area (Å²) in [5, 5.41) is 32.9. The van der Waals surface area contributed by atoms with Crippen LogP contribution in [-0.2, 0) is 30.9 Å². The van der Waals surface area contributed by atoms with Crippen molar-refractivity contribution in [3.8, 4) is 5.75 Å². The van der Waals surface area contributed by atoms with E-state index in [9.17, 15) is 51.3 Å². The molecule has 0 radical (unpaired) electrons. The van der Waals surface area contributed by atoms with Crippen LogP contribution in [0.15, 0.2) is 29.0 Å². The molecule has 3 aliphatic carbocycles. The molecule has 0 heterocycles. The number of nitrogens with two attached hydrogens (primary N) is 1. The minimum Gasteiger partial charge on any atom is -0.508 e. The molecule has 1 amide bonds. The number of hydrogen-bond donors (Lipinski definition) is 4. The van der Waals surface area contributed by atoms with Crippen molar-refractivity contribution in [3.63, 3.8) is 0 Å². The first-order chi connectivity index (χ1) is 16.9. The number of Topliss-reactive ketones (excluding diaryl/α,β-unsaturated/α-hetero) is 2. The minimum absolute atomic E-state index is 0.120. The van der Waals surface area contributed by atoms with Crippen LogP contribution in [0.5, 0.6) is 5.75 Å². The maximum atomic E-state index is 13.5. The number of alkyl halides is 3. The van der Waals surface area contributed by atoms with Gasteiger partial charge >= 0.3 is 15.6 Å². The number of benzene rings is 1. The zero-order valence-electron chi connectivity index (χ0n) is 19.3. The second kappa shape index (κ2) is 8.21. The van der Waals surface area contributed by atoms with Crippen LogP contribution >= 0.6 is 0 Å². The molecular weight excluding hydrogens is 525 g/mol. The molecule has 11 nitrogen and oxygen atoms in total. The Morgan fingerprint density at radius 3 is 2.35 bits per heavy atom. The molecule has 0 aliphatic heterocycles. The summed E-state index contributed by atoms with van der Waals surface area (Å²) < 4.78 is 66.8. The summed E-state index contributed by atoms with van der Waals surface area (Å²) in [7, 11) is -3.00. The number of primary amides is 1. The number of anilines is 1. The normalized spacial score (nSPS) is 25.9. The van der Waals surface area contributed by atoms with Crippen LogP contribution in [0.1, 0.15) is 24.0 Å². The maximum absolute atomic E-state index is 13.5. The molecule has 0 spiro atoms. The lowest BCUT2D eigenvalue weighted by Gasteiger charge is -2.46. The Labute approximate surface area is 207 Å². The third kappa shape index (κ3) is 3.75. The molecule has 0 aromatic heterocycles. The van der Waals surface area contributed by atoms with Crippen molar-refractivity contribution < 1.29 is 55.5 Å². The van der Waals surface area contributed by atoms with Crippen LogP contribution in [0.2, 0.25) is 0 Å². The van der Waals surface area contributed by atoms with Crippen molar-refractivity contribution in [2.75, 3.05) is 19.0 Å². The summed E-state index contributed by atoms with van der Waals surface area (Å²) in [6.07, 6.45) is -0.789. The van der Waals surface area contributed by atoms with Gasteiger partial charge in [0.1, 0.15) is 17.1 Å². The molecule has 0 bridgehead atoms. The van der Waals surface area contributed by atoms with Gasteiger partial charge in [0.05, 0.1) is 5.56 Å². The zero-order chi connectivity index (χ0) is 27.8. The van der Waals surface area contributed by atoms with Gasteiger partial charge in [-0.15, -0.1) is 0 Å². The Morgan fingerprint density at radius 1 is 1.19 bits per heavy atom. The Hall–Kier alpha value is -3.59. The van der Waals surface area contributed by atoms with E-state index in [2.05, 4.69) is 4.18 Å². The Morgan fingerprint density at radius 2 is 1.81 bits per heavy atom. The summed E-state index contributed by atoms with van der Waals surface area (Å²) in [5.74, 6) is -8.83. The molecule has 3 atom stereocenters. The molecule has 1 fully saturated rings. The van der Waals surface area contributed by atoms with Gasteiger partial charge in [0.25, 0.3) is 5.91 Å². The van der Waals surface area contributed by atoms with E-state index >= 15 is 0 Å². The Bertz CT molecular complexity index is 1430. The predicted octanol–water partition coefficient (Wildman–Crippen LogP) is 1.01. The van der Waals surface area contributed by atoms with E-state index in [1.807, 2.05) is 0 Å². The zero-order valence-corrected chi connectivity index (χ0v) is 20.1. The highest BCUT2D eigenvalue weighted by Crippen LogP contribution is 2.53. The quantitative estimate of drug-likeness (QED) is 0.241. The Balaban J connectivity index is 1.96. The maximum Gasteiger partial charge on any atom is 0.534 e. The van der Waals surface area contributed by atoms with E-state index in [4.69, 9.17) is 5.73 Å². The van der Waals surface area contributed by atoms with E-state index < -0.39 is 90.9 Å². The number of carbonyl (C=O) groups excluding carboxylic acids is 3. The molecule has 2 unspecified atom stereocenters. The molecule has 1 saturated carbocycles. The number of fused-ring (bicyclic) bond motifs is 3. The third-order valence-electron chi connectivity index (χ3n) is 6.87. The lowest BCUT2D eigenvalue weighted by atomic mass is 9.59. The number of hydrogen-bond acceptors (Lipinski definition) is 10. The van der Waals surface area contributed by atoms with Gasteiger partial charge in [-0.2, -0.15) is 21.6 Å². The first-order valence-electron chi connectivity index (χ1n) is 10.7. The number of halogens is 3. The standard InChI is InChI=1S/C22H21F3N2O9S/c1-27(2)11-3-4-13(36-37(34,35)22(23,24)25)15-10(11)6-8-5-9-7-12(28)16(20(26)32)19(31)21(9,33)18(30)14(8)17(15)29/h3-4,8-9,29,31,33H,5-7H2,1-2H3,(H2,26,32)/t8?,9?,21-/m0/s1. The number of amides is 1. The molecule has 0 saturated heterocycles. The summed E-state index contributed by atoms with van der Waals surface area (Å²) in [6, 6.07) is 2.15. The third-order valence-corrected chi connectivity index (χ3v) is 7.84. The van der Waals surface area contributed by atoms with Crippen molar-refractivity contribution in [1.82, 2.24) is 0 Å². The van der Waals surface area contributed by atoms with Crippen LogP contribution in [0.25, 0.3) is 5.76 Å². The average Bonchev–Trinajstić information content (AvgIpc) is 2.74. The summed E-state index contributed by atoms with van der Waals surface area (Å²) in [4.78, 5) is 39.2. The molecular formula is C22H21F3N2O9S. The summed E-state index contributed by atoms with van der Waals surface area (Å²) >= 11 is 0. The number of aliphatic hydroxyl groups is 3. The van der Waals surface area contributed by atoms with Gasteiger partial charge in [-0.05, 0) is 36.5 Å². The highest BCUT2D eigenvalue weighted by atomic mass is 32.2. The van der Waals surface area contributed by atoms with Crippen molar-refractivity contribution in [2.45, 2.75) is 30.4 Å². The highest BCUT2D eigenvalue weighted by molar-refractivity contribution is 7.88. The smallest absolute Gasteiger partial charge is 0.508 e. The fourth-order valence-electron chi connectivity index (χ4n) is 5.25. The molecule has 4 rings (SSSR count). The number of aliphatic hydroxyl groups excluding tert-OH is 2. The molecule has 15 heteroatoms. The first-order valence-corrected chi connectivity index (χ1v) is 12.2. The van der Waals surface area contributed by atoms with Gasteiger partial charge in [-0.25, -0.2) is 0 Å². The molecule has 37 heavy (non-hydrogen) atoms. The van der Waals surface area contributed by atoms with E-state index in [0.717, 1.165) is 6.07 Å². The number of ketones is 2. The van der Waals surface area contributed by atoms with Crippen molar-refractivity contribution in [3.05, 3.63) is 40.2 Å². The molecule has 1 aromatic rings. The number of carbonyl (C=O) groups is 3. The van der Waals surface area contributed by atoms with Crippen LogP contribution < -0.4 is 14.8 Å². The van der Waals surface area contributed by atoms with Crippen molar-refractivity contribution in [1.29, 1.82) is 0 Å². The minimum atomic E-state index is -6.16. The first kappa shape index (κ1) is 26.5. The van der Waals surface area contributed by atoms with Gasteiger partial charge in [-0.1, -0.05) is 0 Å². The van der Waals surface area contributed by atoms with Crippen LogP contribution in [-0.4, -0.2) is 66.4 Å². The highest BCUT2D eigenvalue weighted by Gasteiger charge is 2.60. The number of rotatable bonds is 4. The second-order valence-electron chi connectivity index (χ2n) is 9.22. The van der Waals surface area contributed by atoms with Crippen LogP contribution in [0, 0.1) is 11.8 Å². The van der Waals surface area contributed by atoms with Gasteiger partial charge in [0.15, 0.2) is 17.1 Å². The summed E-state index contributed by atoms with van der Waals surface area (Å²) in [6.45, 7) is 0. The molecule has 1 aromatic carbocycles. The summed E-state index contributed by atoms with van der Waals surface area (Å²) in [5.41, 5.74) is -5.00. The molecule has 3 aliphatic rings. The van der Waals surface area contributed by atoms with Gasteiger partial charge in [0, 0.05) is 37.7 Å². The predicted molar refractivity (Wildman–Crippen MR) is 120 cm³/mol. The average molecular weight is 546 g/mol. The van der Waals surface area contributed by atoms with E-state index in [1.54, 1.807) is 14.1 Å². The molecule has 200 valence electrons. The number of nitrogens with zero attached hydrogens (tertiary/aromatic N) is 1.